The van der Waals surface area contributed by atoms with Crippen molar-refractivity contribution in [2.75, 3.05) is 13.2 Å². The summed E-state index contributed by atoms with van der Waals surface area (Å²) in [6.45, 7) is 5.74. The van der Waals surface area contributed by atoms with E-state index in [4.69, 9.17) is 14.0 Å². The molecule has 1 aromatic heterocycles. The maximum Gasteiger partial charge on any atom is 0.411 e. The Balaban J connectivity index is 1.94. The predicted molar refractivity (Wildman–Crippen MR) is 65.8 cm³/mol. The number of alkyl halides is 1. The van der Waals surface area contributed by atoms with Crippen molar-refractivity contribution in [3.8, 4) is 0 Å². The van der Waals surface area contributed by atoms with Crippen LogP contribution < -0.4 is 0 Å². The summed E-state index contributed by atoms with van der Waals surface area (Å²) in [7, 11) is 0. The lowest BCUT2D eigenvalue weighted by atomic mass is 9.92. The van der Waals surface area contributed by atoms with Gasteiger partial charge in [-0.15, -0.1) is 0 Å². The number of hydrogen-bond donors (Lipinski definition) is 0. The maximum atomic E-state index is 14.5. The molecule has 3 heterocycles. The van der Waals surface area contributed by atoms with Gasteiger partial charge in [0.2, 0.25) is 0 Å². The largest absolute Gasteiger partial charge is 0.444 e. The van der Waals surface area contributed by atoms with Crippen molar-refractivity contribution in [3.63, 3.8) is 0 Å². The number of nitrogens with zero attached hydrogens (tertiary/aromatic N) is 2. The molecule has 1 amide bonds. The number of hydrogen-bond acceptors (Lipinski definition) is 5. The highest BCUT2D eigenvalue weighted by Gasteiger charge is 2.50. The fourth-order valence-electron chi connectivity index (χ4n) is 2.63. The molecule has 1 saturated heterocycles. The molecule has 2 bridgehead atoms. The number of carbonyl (C=O) groups excluding carboxylic acids is 1. The first kappa shape index (κ1) is 13.4. The third-order valence-electron chi connectivity index (χ3n) is 3.44. The van der Waals surface area contributed by atoms with Gasteiger partial charge in [0.05, 0.1) is 31.5 Å². The van der Waals surface area contributed by atoms with E-state index in [1.807, 2.05) is 0 Å². The summed E-state index contributed by atoms with van der Waals surface area (Å²) < 4.78 is 30.2. The van der Waals surface area contributed by atoms with Gasteiger partial charge in [0.1, 0.15) is 5.60 Å². The van der Waals surface area contributed by atoms with Gasteiger partial charge in [-0.3, -0.25) is 4.90 Å². The lowest BCUT2D eigenvalue weighted by Gasteiger charge is -2.45. The van der Waals surface area contributed by atoms with Crippen molar-refractivity contribution in [3.05, 3.63) is 17.5 Å². The summed E-state index contributed by atoms with van der Waals surface area (Å²) in [4.78, 5) is 13.8. The van der Waals surface area contributed by atoms with Gasteiger partial charge in [-0.25, -0.2) is 9.18 Å². The van der Waals surface area contributed by atoms with Crippen molar-refractivity contribution in [2.24, 2.45) is 0 Å². The van der Waals surface area contributed by atoms with Crippen molar-refractivity contribution in [1.82, 2.24) is 10.1 Å². The van der Waals surface area contributed by atoms with Gasteiger partial charge in [-0.05, 0) is 20.8 Å². The molecule has 0 saturated carbocycles. The molecule has 7 heteroatoms. The van der Waals surface area contributed by atoms with Crippen molar-refractivity contribution in [1.29, 1.82) is 0 Å². The Morgan fingerprint density at radius 3 is 2.95 bits per heavy atom. The Morgan fingerprint density at radius 2 is 2.25 bits per heavy atom. The molecule has 0 aliphatic carbocycles. The number of rotatable bonds is 0. The maximum absolute atomic E-state index is 14.5. The van der Waals surface area contributed by atoms with Crippen LogP contribution in [0.25, 0.3) is 0 Å². The first-order valence-electron chi connectivity index (χ1n) is 6.56. The topological polar surface area (TPSA) is 64.8 Å². The molecule has 3 unspecified atom stereocenters. The smallest absolute Gasteiger partial charge is 0.411 e. The minimum atomic E-state index is -1.45. The van der Waals surface area contributed by atoms with E-state index in [-0.39, 0.29) is 19.0 Å². The molecule has 0 radical (unpaired) electrons. The van der Waals surface area contributed by atoms with Gasteiger partial charge < -0.3 is 14.0 Å². The van der Waals surface area contributed by atoms with Crippen LogP contribution in [0, 0.1) is 0 Å². The zero-order chi connectivity index (χ0) is 14.5. The third-order valence-corrected chi connectivity index (χ3v) is 3.44. The number of aromatic nitrogens is 1. The van der Waals surface area contributed by atoms with Gasteiger partial charge in [-0.2, -0.15) is 0 Å². The van der Waals surface area contributed by atoms with Crippen LogP contribution >= 0.6 is 0 Å². The molecule has 3 rings (SSSR count). The quantitative estimate of drug-likeness (QED) is 0.731. The molecule has 110 valence electrons. The lowest BCUT2D eigenvalue weighted by molar-refractivity contribution is -0.0943. The fraction of sp³-hybridized carbons (Fsp3) is 0.692. The van der Waals surface area contributed by atoms with Crippen molar-refractivity contribution in [2.45, 2.75) is 44.6 Å². The van der Waals surface area contributed by atoms with Crippen LogP contribution in [0.5, 0.6) is 0 Å². The molecule has 6 nitrogen and oxygen atoms in total. The van der Waals surface area contributed by atoms with E-state index in [0.29, 0.717) is 5.56 Å². The van der Waals surface area contributed by atoms with E-state index >= 15 is 0 Å². The van der Waals surface area contributed by atoms with Crippen LogP contribution in [0.3, 0.4) is 0 Å². The molecule has 0 spiro atoms. The van der Waals surface area contributed by atoms with Gasteiger partial charge in [0.15, 0.2) is 11.9 Å². The van der Waals surface area contributed by atoms with Crippen LogP contribution in [0.15, 0.2) is 10.7 Å². The van der Waals surface area contributed by atoms with Crippen molar-refractivity contribution < 1.29 is 23.2 Å². The number of ether oxygens (including phenoxy) is 2. The zero-order valence-corrected chi connectivity index (χ0v) is 11.6. The molecule has 0 N–H and O–H groups in total. The summed E-state index contributed by atoms with van der Waals surface area (Å²) >= 11 is 0. The van der Waals surface area contributed by atoms with Crippen LogP contribution in [0.4, 0.5) is 9.18 Å². The fourth-order valence-corrected chi connectivity index (χ4v) is 2.63. The number of morpholine rings is 1. The molecule has 1 fully saturated rings. The summed E-state index contributed by atoms with van der Waals surface area (Å²) in [6.07, 6.45) is -0.545. The Kier molecular flexibility index (Phi) is 2.97. The highest BCUT2D eigenvalue weighted by atomic mass is 19.1. The second-order valence-corrected chi connectivity index (χ2v) is 6.06. The minimum absolute atomic E-state index is 0.122. The van der Waals surface area contributed by atoms with Gasteiger partial charge >= 0.3 is 6.09 Å². The molecule has 20 heavy (non-hydrogen) atoms. The van der Waals surface area contributed by atoms with E-state index in [2.05, 4.69) is 5.16 Å². The first-order chi connectivity index (χ1) is 9.38. The summed E-state index contributed by atoms with van der Waals surface area (Å²) in [5, 5.41) is 3.63. The van der Waals surface area contributed by atoms with E-state index < -0.39 is 29.9 Å². The standard InChI is InChI=1S/C13H17FN2O4/c1-13(2,3)19-12(17)16-8-5-18-6-9(16)10(14)11-7(8)4-15-20-11/h4,8-10H,5-6H2,1-3H3. The lowest BCUT2D eigenvalue weighted by Crippen LogP contribution is -2.56. The van der Waals surface area contributed by atoms with Crippen LogP contribution in [0.1, 0.15) is 44.3 Å². The van der Waals surface area contributed by atoms with E-state index in [0.717, 1.165) is 0 Å². The number of amides is 1. The predicted octanol–water partition coefficient (Wildman–Crippen LogP) is 2.38. The Morgan fingerprint density at radius 1 is 1.50 bits per heavy atom. The van der Waals surface area contributed by atoms with E-state index in [1.165, 1.54) is 11.1 Å². The number of halogens is 1. The third kappa shape index (κ3) is 2.06. The van der Waals surface area contributed by atoms with E-state index in [1.54, 1.807) is 20.8 Å². The molecular formula is C13H17FN2O4. The normalized spacial score (nSPS) is 29.0. The molecule has 2 aliphatic rings. The first-order valence-corrected chi connectivity index (χ1v) is 6.56. The van der Waals surface area contributed by atoms with E-state index in [9.17, 15) is 9.18 Å². The summed E-state index contributed by atoms with van der Waals surface area (Å²) in [5.41, 5.74) is -0.0771. The van der Waals surface area contributed by atoms with Crippen LogP contribution in [-0.2, 0) is 9.47 Å². The Labute approximate surface area is 115 Å². The Bertz CT molecular complexity index is 525. The van der Waals surface area contributed by atoms with Crippen LogP contribution in [0.2, 0.25) is 0 Å². The highest BCUT2D eigenvalue weighted by Crippen LogP contribution is 2.44. The van der Waals surface area contributed by atoms with Gasteiger partial charge in [-0.1, -0.05) is 5.16 Å². The number of carbonyl (C=O) groups is 1. The molecule has 2 aliphatic heterocycles. The van der Waals surface area contributed by atoms with Gasteiger partial charge in [0, 0.05) is 5.56 Å². The molecule has 3 atom stereocenters. The number of fused-ring (bicyclic) bond motifs is 4. The second-order valence-electron chi connectivity index (χ2n) is 6.06. The van der Waals surface area contributed by atoms with Crippen LogP contribution in [-0.4, -0.2) is 41.0 Å². The highest BCUT2D eigenvalue weighted by molar-refractivity contribution is 5.70. The Hall–Kier alpha value is -1.63. The molecule has 0 aromatic carbocycles. The monoisotopic (exact) mass is 284 g/mol. The summed E-state index contributed by atoms with van der Waals surface area (Å²) in [5.74, 6) is 0.197. The zero-order valence-electron chi connectivity index (χ0n) is 11.6. The van der Waals surface area contributed by atoms with Gasteiger partial charge in [0.25, 0.3) is 0 Å². The molecule has 1 aromatic rings. The summed E-state index contributed by atoms with van der Waals surface area (Å²) in [6, 6.07) is -1.14. The average molecular weight is 284 g/mol. The second kappa shape index (κ2) is 4.44. The van der Waals surface area contributed by atoms with Crippen molar-refractivity contribution >= 4 is 6.09 Å². The SMILES string of the molecule is CC(C)(C)OC(=O)N1C2COCC1C(F)c1oncc12. The minimum Gasteiger partial charge on any atom is -0.444 e. The molecular weight excluding hydrogens is 267 g/mol. The average Bonchev–Trinajstić information content (AvgIpc) is 2.82.